The van der Waals surface area contributed by atoms with E-state index >= 15 is 0 Å². The molecule has 4 rings (SSSR count). The Morgan fingerprint density at radius 1 is 1.03 bits per heavy atom. The van der Waals surface area contributed by atoms with Gasteiger partial charge in [-0.15, -0.1) is 0 Å². The van der Waals surface area contributed by atoms with Gasteiger partial charge in [0.25, 0.3) is 0 Å². The predicted molar refractivity (Wildman–Crippen MR) is 120 cm³/mol. The molecule has 5 heteroatoms. The number of carbonyl (C=O) groups is 4. The van der Waals surface area contributed by atoms with E-state index in [0.29, 0.717) is 36.0 Å². The maximum atomic E-state index is 13.4. The summed E-state index contributed by atoms with van der Waals surface area (Å²) in [6.07, 6.45) is 2.90. The van der Waals surface area contributed by atoms with Crippen LogP contribution in [0.3, 0.4) is 0 Å². The van der Waals surface area contributed by atoms with Crippen molar-refractivity contribution in [2.24, 2.45) is 22.7 Å². The molecule has 0 amide bonds. The van der Waals surface area contributed by atoms with Gasteiger partial charge in [-0.25, -0.2) is 4.79 Å². The lowest BCUT2D eigenvalue weighted by Gasteiger charge is -2.50. The van der Waals surface area contributed by atoms with Gasteiger partial charge < -0.3 is 4.74 Å². The standard InChI is InChI=1S/C27H30O5/c1-16-18-10-11-22(28)27(4)21(26(2,3)13-12-23(27)29)15-20(19(14-18)24(16)30)32-25(31)17-8-6-5-7-9-17/h5-9,14,18,20-21H,1,10-13,15H2,2-4H3/t18-,20-,21-,27-/m1/s1. The summed E-state index contributed by atoms with van der Waals surface area (Å²) in [4.78, 5) is 52.6. The largest absolute Gasteiger partial charge is 0.454 e. The Kier molecular flexibility index (Phi) is 5.56. The molecule has 1 fully saturated rings. The number of esters is 1. The number of fused-ring (bicyclic) bond motifs is 2. The number of Topliss-reactive ketones (excluding diaryl/α,β-unsaturated/α-hetero) is 3. The Labute approximate surface area is 188 Å². The fraction of sp³-hybridized carbons (Fsp3) is 0.481. The molecule has 0 aliphatic heterocycles. The molecule has 0 aromatic heterocycles. The minimum atomic E-state index is -1.15. The van der Waals surface area contributed by atoms with E-state index in [4.69, 9.17) is 4.74 Å². The number of carbonyl (C=O) groups excluding carboxylic acids is 4. The first-order valence-electron chi connectivity index (χ1n) is 11.3. The van der Waals surface area contributed by atoms with Gasteiger partial charge in [-0.2, -0.15) is 0 Å². The third-order valence-electron chi connectivity index (χ3n) is 7.92. The van der Waals surface area contributed by atoms with E-state index in [9.17, 15) is 19.2 Å². The quantitative estimate of drug-likeness (QED) is 0.384. The molecule has 0 radical (unpaired) electrons. The van der Waals surface area contributed by atoms with Crippen molar-refractivity contribution in [2.75, 3.05) is 0 Å². The van der Waals surface area contributed by atoms with Gasteiger partial charge in [0, 0.05) is 24.3 Å². The summed E-state index contributed by atoms with van der Waals surface area (Å²) in [5.74, 6) is -1.49. The highest BCUT2D eigenvalue weighted by atomic mass is 16.5. The van der Waals surface area contributed by atoms with Crippen molar-refractivity contribution in [2.45, 2.75) is 59.0 Å². The van der Waals surface area contributed by atoms with Gasteiger partial charge in [0.2, 0.25) is 0 Å². The number of benzene rings is 1. The molecule has 5 nitrogen and oxygen atoms in total. The summed E-state index contributed by atoms with van der Waals surface area (Å²) in [6, 6.07) is 8.64. The van der Waals surface area contributed by atoms with E-state index < -0.39 is 17.5 Å². The number of rotatable bonds is 2. The highest BCUT2D eigenvalue weighted by Crippen LogP contribution is 2.54. The lowest BCUT2D eigenvalue weighted by Crippen LogP contribution is -2.54. The SMILES string of the molecule is C=C1C(=O)C2=C[C@H]1CCC(=O)[C@]1(C)C(=O)CCC(C)(C)[C@H]1C[C@H]2OC(=O)c1ccccc1. The lowest BCUT2D eigenvalue weighted by atomic mass is 9.52. The molecule has 0 saturated heterocycles. The maximum absolute atomic E-state index is 13.4. The van der Waals surface area contributed by atoms with Crippen molar-refractivity contribution in [3.63, 3.8) is 0 Å². The van der Waals surface area contributed by atoms with Crippen LogP contribution in [0.4, 0.5) is 0 Å². The Hall–Kier alpha value is -2.82. The van der Waals surface area contributed by atoms with E-state index in [1.165, 1.54) is 0 Å². The molecular weight excluding hydrogens is 404 g/mol. The molecule has 0 spiro atoms. The molecule has 32 heavy (non-hydrogen) atoms. The molecular formula is C27H30O5. The Bertz CT molecular complexity index is 1030. The predicted octanol–water partition coefficient (Wildman–Crippen LogP) is 4.66. The first-order chi connectivity index (χ1) is 15.1. The average Bonchev–Trinajstić information content (AvgIpc) is 3.05. The summed E-state index contributed by atoms with van der Waals surface area (Å²) in [5.41, 5.74) is -0.234. The van der Waals surface area contributed by atoms with E-state index in [1.54, 1.807) is 31.2 Å². The van der Waals surface area contributed by atoms with Gasteiger partial charge in [-0.3, -0.25) is 14.4 Å². The van der Waals surface area contributed by atoms with Crippen LogP contribution in [0.15, 0.2) is 54.1 Å². The molecule has 1 aromatic carbocycles. The van der Waals surface area contributed by atoms with Crippen molar-refractivity contribution < 1.29 is 23.9 Å². The third-order valence-corrected chi connectivity index (χ3v) is 7.92. The fourth-order valence-corrected chi connectivity index (χ4v) is 5.78. The zero-order valence-corrected chi connectivity index (χ0v) is 19.0. The van der Waals surface area contributed by atoms with Gasteiger partial charge in [-0.05, 0) is 55.2 Å². The van der Waals surface area contributed by atoms with Crippen molar-refractivity contribution in [1.29, 1.82) is 0 Å². The topological polar surface area (TPSA) is 77.5 Å². The van der Waals surface area contributed by atoms with Gasteiger partial charge in [0.15, 0.2) is 5.78 Å². The number of allylic oxidation sites excluding steroid dienone is 2. The molecule has 168 valence electrons. The molecule has 1 aromatic rings. The number of hydrogen-bond donors (Lipinski definition) is 0. The van der Waals surface area contributed by atoms with Crippen LogP contribution in [0, 0.1) is 22.7 Å². The first kappa shape index (κ1) is 22.4. The van der Waals surface area contributed by atoms with Crippen LogP contribution >= 0.6 is 0 Å². The molecule has 0 unspecified atom stereocenters. The van der Waals surface area contributed by atoms with Crippen LogP contribution < -0.4 is 0 Å². The van der Waals surface area contributed by atoms with Crippen LogP contribution in [-0.2, 0) is 19.1 Å². The molecule has 1 saturated carbocycles. The molecule has 2 bridgehead atoms. The zero-order valence-electron chi connectivity index (χ0n) is 19.0. The minimum Gasteiger partial charge on any atom is -0.454 e. The lowest BCUT2D eigenvalue weighted by molar-refractivity contribution is -0.154. The monoisotopic (exact) mass is 434 g/mol. The second-order valence-electron chi connectivity index (χ2n) is 10.2. The van der Waals surface area contributed by atoms with E-state index in [-0.39, 0.29) is 47.4 Å². The Morgan fingerprint density at radius 2 is 1.69 bits per heavy atom. The van der Waals surface area contributed by atoms with E-state index in [1.807, 2.05) is 12.1 Å². The van der Waals surface area contributed by atoms with Crippen molar-refractivity contribution in [3.8, 4) is 0 Å². The van der Waals surface area contributed by atoms with Crippen molar-refractivity contribution in [1.82, 2.24) is 0 Å². The summed E-state index contributed by atoms with van der Waals surface area (Å²) in [7, 11) is 0. The molecule has 3 aliphatic carbocycles. The zero-order chi connectivity index (χ0) is 23.3. The highest BCUT2D eigenvalue weighted by molar-refractivity contribution is 6.12. The number of ether oxygens (including phenoxy) is 1. The number of hydrogen-bond acceptors (Lipinski definition) is 5. The summed E-state index contributed by atoms with van der Waals surface area (Å²) in [6.45, 7) is 9.83. The summed E-state index contributed by atoms with van der Waals surface area (Å²) in [5, 5.41) is 0. The smallest absolute Gasteiger partial charge is 0.338 e. The molecule has 3 aliphatic rings. The molecule has 4 atom stereocenters. The average molecular weight is 435 g/mol. The normalized spacial score (nSPS) is 32.2. The molecule has 0 N–H and O–H groups in total. The Balaban J connectivity index is 1.79. The Morgan fingerprint density at radius 3 is 2.38 bits per heavy atom. The summed E-state index contributed by atoms with van der Waals surface area (Å²) < 4.78 is 5.92. The van der Waals surface area contributed by atoms with Crippen molar-refractivity contribution >= 4 is 23.3 Å². The first-order valence-corrected chi connectivity index (χ1v) is 11.3. The van der Waals surface area contributed by atoms with Gasteiger partial charge in [-0.1, -0.05) is 44.7 Å². The van der Waals surface area contributed by atoms with Crippen LogP contribution in [-0.4, -0.2) is 29.4 Å². The van der Waals surface area contributed by atoms with E-state index in [0.717, 1.165) is 0 Å². The minimum absolute atomic E-state index is 0.0491. The highest BCUT2D eigenvalue weighted by Gasteiger charge is 2.57. The van der Waals surface area contributed by atoms with E-state index in [2.05, 4.69) is 20.4 Å². The van der Waals surface area contributed by atoms with Gasteiger partial charge in [0.05, 0.1) is 11.0 Å². The van der Waals surface area contributed by atoms with Crippen molar-refractivity contribution in [3.05, 3.63) is 59.7 Å². The van der Waals surface area contributed by atoms with Gasteiger partial charge >= 0.3 is 5.97 Å². The van der Waals surface area contributed by atoms with Crippen LogP contribution in [0.1, 0.15) is 63.2 Å². The fourth-order valence-electron chi connectivity index (χ4n) is 5.78. The molecule has 0 heterocycles. The maximum Gasteiger partial charge on any atom is 0.338 e. The third kappa shape index (κ3) is 3.58. The number of ketones is 3. The summed E-state index contributed by atoms with van der Waals surface area (Å²) >= 11 is 0. The van der Waals surface area contributed by atoms with Crippen LogP contribution in [0.5, 0.6) is 0 Å². The second kappa shape index (κ2) is 7.95. The van der Waals surface area contributed by atoms with Gasteiger partial charge in [0.1, 0.15) is 17.7 Å². The van der Waals surface area contributed by atoms with Crippen LogP contribution in [0.25, 0.3) is 0 Å². The second-order valence-corrected chi connectivity index (χ2v) is 10.2. The van der Waals surface area contributed by atoms with Crippen LogP contribution in [0.2, 0.25) is 0 Å².